The Labute approximate surface area is 201 Å². The molecule has 3 saturated carbocycles. The summed E-state index contributed by atoms with van der Waals surface area (Å²) in [5.41, 5.74) is 1.64. The lowest BCUT2D eigenvalue weighted by atomic mass is 9.37. The molecule has 0 aliphatic heterocycles. The van der Waals surface area contributed by atoms with Crippen molar-refractivity contribution in [1.29, 1.82) is 0 Å². The van der Waals surface area contributed by atoms with E-state index in [2.05, 4.69) is 55.4 Å². The van der Waals surface area contributed by atoms with Gasteiger partial charge in [-0.3, -0.25) is 4.79 Å². The van der Waals surface area contributed by atoms with Crippen LogP contribution in [0.5, 0.6) is 0 Å². The lowest BCUT2D eigenvalue weighted by Crippen LogP contribution is -2.63. The number of carbonyl (C=O) groups excluding carboxylic acids is 1. The second kappa shape index (κ2) is 6.96. The number of aliphatic hydroxyl groups excluding tert-OH is 2. The summed E-state index contributed by atoms with van der Waals surface area (Å²) >= 11 is 0. The summed E-state index contributed by atoms with van der Waals surface area (Å²) in [5.74, 6) is 2.38. The van der Waals surface area contributed by atoms with Crippen molar-refractivity contribution in [3.63, 3.8) is 0 Å². The molecule has 0 aromatic rings. The molecule has 33 heavy (non-hydrogen) atoms. The third-order valence-electron chi connectivity index (χ3n) is 12.9. The van der Waals surface area contributed by atoms with E-state index >= 15 is 0 Å². The highest BCUT2D eigenvalue weighted by molar-refractivity contribution is 6.00. The molecule has 0 saturated heterocycles. The van der Waals surface area contributed by atoms with E-state index in [1.54, 1.807) is 0 Å². The van der Waals surface area contributed by atoms with E-state index in [0.29, 0.717) is 35.9 Å². The Kier molecular flexibility index (Phi) is 5.07. The maximum atomic E-state index is 14.2. The second-order valence-corrected chi connectivity index (χ2v) is 14.7. The van der Waals surface area contributed by atoms with Gasteiger partial charge >= 0.3 is 0 Å². The van der Waals surface area contributed by atoms with Crippen LogP contribution in [0, 0.1) is 50.7 Å². The van der Waals surface area contributed by atoms with E-state index in [1.165, 1.54) is 19.3 Å². The van der Waals surface area contributed by atoms with Crippen LogP contribution in [0.15, 0.2) is 11.1 Å². The van der Waals surface area contributed by atoms with E-state index in [0.717, 1.165) is 36.3 Å². The van der Waals surface area contributed by atoms with Crippen LogP contribution in [0.4, 0.5) is 0 Å². The minimum Gasteiger partial charge on any atom is -0.393 e. The first-order chi connectivity index (χ1) is 15.1. The van der Waals surface area contributed by atoms with Crippen molar-refractivity contribution in [2.24, 2.45) is 50.7 Å². The summed E-state index contributed by atoms with van der Waals surface area (Å²) in [4.78, 5) is 14.2. The molecular formula is C30H48O3. The molecule has 0 heterocycles. The van der Waals surface area contributed by atoms with Crippen molar-refractivity contribution >= 4 is 5.78 Å². The van der Waals surface area contributed by atoms with Crippen LogP contribution in [0.3, 0.4) is 0 Å². The fourth-order valence-corrected chi connectivity index (χ4v) is 11.0. The third-order valence-corrected chi connectivity index (χ3v) is 12.9. The molecule has 9 atom stereocenters. The van der Waals surface area contributed by atoms with Gasteiger partial charge in [-0.2, -0.15) is 0 Å². The van der Waals surface area contributed by atoms with Gasteiger partial charge in [0, 0.05) is 12.0 Å². The molecule has 0 radical (unpaired) electrons. The Bertz CT molecular complexity index is 900. The zero-order valence-electron chi connectivity index (χ0n) is 22.4. The Morgan fingerprint density at radius 1 is 0.879 bits per heavy atom. The Balaban J connectivity index is 1.66. The molecule has 5 aliphatic rings. The van der Waals surface area contributed by atoms with Crippen LogP contribution in [-0.2, 0) is 4.79 Å². The molecule has 186 valence electrons. The summed E-state index contributed by atoms with van der Waals surface area (Å²) < 4.78 is 0. The van der Waals surface area contributed by atoms with Crippen molar-refractivity contribution in [3.05, 3.63) is 11.1 Å². The molecule has 0 amide bonds. The summed E-state index contributed by atoms with van der Waals surface area (Å²) in [6.07, 6.45) is 6.74. The maximum absolute atomic E-state index is 14.2. The topological polar surface area (TPSA) is 57.5 Å². The first kappa shape index (κ1) is 24.0. The van der Waals surface area contributed by atoms with E-state index < -0.39 is 6.10 Å². The number of ketones is 1. The Hall–Kier alpha value is -0.670. The first-order valence-electron chi connectivity index (χ1n) is 13.8. The highest BCUT2D eigenvalue weighted by Gasteiger charge is 2.69. The summed E-state index contributed by atoms with van der Waals surface area (Å²) in [7, 11) is 0. The predicted molar refractivity (Wildman–Crippen MR) is 132 cm³/mol. The lowest BCUT2D eigenvalue weighted by Gasteiger charge is -2.67. The maximum Gasteiger partial charge on any atom is 0.160 e. The third kappa shape index (κ3) is 2.73. The summed E-state index contributed by atoms with van der Waals surface area (Å²) in [6.45, 7) is 18.7. The monoisotopic (exact) mass is 456 g/mol. The molecule has 0 bridgehead atoms. The highest BCUT2D eigenvalue weighted by atomic mass is 16.3. The normalized spacial score (nSPS) is 53.4. The van der Waals surface area contributed by atoms with Crippen LogP contribution in [-0.4, -0.2) is 28.2 Å². The first-order valence-corrected chi connectivity index (χ1v) is 13.8. The van der Waals surface area contributed by atoms with E-state index in [1.807, 2.05) is 0 Å². The molecule has 0 aromatic heterocycles. The van der Waals surface area contributed by atoms with E-state index in [4.69, 9.17) is 0 Å². The highest BCUT2D eigenvalue weighted by Crippen LogP contribution is 2.75. The molecule has 3 nitrogen and oxygen atoms in total. The average Bonchev–Trinajstić information content (AvgIpc) is 3.07. The molecule has 3 heteroatoms. The van der Waals surface area contributed by atoms with Gasteiger partial charge < -0.3 is 10.2 Å². The average molecular weight is 457 g/mol. The molecule has 5 aliphatic carbocycles. The van der Waals surface area contributed by atoms with Gasteiger partial charge in [0.15, 0.2) is 5.78 Å². The van der Waals surface area contributed by atoms with Crippen molar-refractivity contribution in [1.82, 2.24) is 0 Å². The molecule has 5 rings (SSSR count). The van der Waals surface area contributed by atoms with Gasteiger partial charge in [0.2, 0.25) is 0 Å². The van der Waals surface area contributed by atoms with Gasteiger partial charge in [0.05, 0.1) is 12.2 Å². The predicted octanol–water partition coefficient (Wildman–Crippen LogP) is 6.32. The zero-order valence-corrected chi connectivity index (χ0v) is 22.4. The lowest BCUT2D eigenvalue weighted by molar-refractivity contribution is -0.155. The van der Waals surface area contributed by atoms with E-state index in [-0.39, 0.29) is 33.7 Å². The van der Waals surface area contributed by atoms with Crippen LogP contribution in [0.2, 0.25) is 0 Å². The van der Waals surface area contributed by atoms with Gasteiger partial charge in [-0.25, -0.2) is 0 Å². The summed E-state index contributed by atoms with van der Waals surface area (Å²) in [6, 6.07) is 0. The Morgan fingerprint density at radius 2 is 1.55 bits per heavy atom. The van der Waals surface area contributed by atoms with Crippen molar-refractivity contribution in [3.8, 4) is 0 Å². The quantitative estimate of drug-likeness (QED) is 0.485. The standard InChI is InChI=1S/C30H48O3/c1-17(2)18-9-10-21-27(18,5)13-14-29(7)25-19(31)15-22-26(3,4)23(33)11-12-28(22,6)24(25)20(32)16-30(21,29)8/h17-19,21-23,31,33H,9-16H2,1-8H3/t18-,19+,21-,22?,23+,27-,28+,29-,30+/m1/s1. The van der Waals surface area contributed by atoms with Crippen LogP contribution < -0.4 is 0 Å². The molecule has 0 aromatic carbocycles. The number of hydrogen-bond donors (Lipinski definition) is 2. The number of hydrogen-bond acceptors (Lipinski definition) is 3. The smallest absolute Gasteiger partial charge is 0.160 e. The minimum atomic E-state index is -0.567. The fourth-order valence-electron chi connectivity index (χ4n) is 11.0. The minimum absolute atomic E-state index is 0.0898. The SMILES string of the molecule is CC(C)[C@H]1CC[C@@H]2[C@]1(C)CC[C@]1(C)C3=C(C(=O)C[C@@]21C)[C@@]1(C)CC[C@H](O)C(C)(C)C1C[C@@H]3O. The van der Waals surface area contributed by atoms with Crippen LogP contribution >= 0.6 is 0 Å². The molecular weight excluding hydrogens is 408 g/mol. The largest absolute Gasteiger partial charge is 0.393 e. The van der Waals surface area contributed by atoms with E-state index in [9.17, 15) is 15.0 Å². The number of Topliss-reactive ketones (excluding diaryl/α,β-unsaturated/α-hetero) is 1. The number of allylic oxidation sites excluding steroid dienone is 1. The zero-order chi connectivity index (χ0) is 24.4. The molecule has 3 fully saturated rings. The summed E-state index contributed by atoms with van der Waals surface area (Å²) in [5, 5.41) is 22.6. The molecule has 2 N–H and O–H groups in total. The van der Waals surface area contributed by atoms with Gasteiger partial charge in [-0.1, -0.05) is 55.4 Å². The van der Waals surface area contributed by atoms with Gasteiger partial charge in [0.1, 0.15) is 0 Å². The fraction of sp³-hybridized carbons (Fsp3) is 0.900. The van der Waals surface area contributed by atoms with Gasteiger partial charge in [-0.15, -0.1) is 0 Å². The number of aliphatic hydroxyl groups is 2. The second-order valence-electron chi connectivity index (χ2n) is 14.7. The molecule has 0 spiro atoms. The van der Waals surface area contributed by atoms with Crippen molar-refractivity contribution in [2.75, 3.05) is 0 Å². The van der Waals surface area contributed by atoms with Crippen molar-refractivity contribution < 1.29 is 15.0 Å². The Morgan fingerprint density at radius 3 is 2.18 bits per heavy atom. The number of rotatable bonds is 1. The number of fused-ring (bicyclic) bond motifs is 6. The van der Waals surface area contributed by atoms with Crippen LogP contribution in [0.25, 0.3) is 0 Å². The van der Waals surface area contributed by atoms with Gasteiger partial charge in [0.25, 0.3) is 0 Å². The molecule has 1 unspecified atom stereocenters. The number of carbonyl (C=O) groups is 1. The van der Waals surface area contributed by atoms with Crippen molar-refractivity contribution in [2.45, 2.75) is 119 Å². The van der Waals surface area contributed by atoms with Crippen LogP contribution in [0.1, 0.15) is 107 Å². The van der Waals surface area contributed by atoms with Gasteiger partial charge in [-0.05, 0) is 101 Å².